The van der Waals surface area contributed by atoms with Gasteiger partial charge in [0.1, 0.15) is 11.3 Å². The topological polar surface area (TPSA) is 42.4 Å². The van der Waals surface area contributed by atoms with E-state index in [1.165, 1.54) is 23.5 Å². The first-order valence-electron chi connectivity index (χ1n) is 8.81. The van der Waals surface area contributed by atoms with Crippen molar-refractivity contribution in [1.29, 1.82) is 0 Å². The van der Waals surface area contributed by atoms with Gasteiger partial charge in [-0.15, -0.1) is 0 Å². The highest BCUT2D eigenvalue weighted by molar-refractivity contribution is 7.22. The third-order valence-corrected chi connectivity index (χ3v) is 5.92. The lowest BCUT2D eigenvalue weighted by Crippen LogP contribution is -2.38. The van der Waals surface area contributed by atoms with E-state index in [0.29, 0.717) is 22.2 Å². The molecule has 0 bridgehead atoms. The molecule has 0 aliphatic carbocycles. The predicted octanol–water partition coefficient (Wildman–Crippen LogP) is 4.84. The van der Waals surface area contributed by atoms with Gasteiger partial charge in [0, 0.05) is 6.61 Å². The molecule has 7 heteroatoms. The van der Waals surface area contributed by atoms with E-state index in [1.807, 2.05) is 12.1 Å². The first kappa shape index (κ1) is 18.3. The number of benzene rings is 2. The summed E-state index contributed by atoms with van der Waals surface area (Å²) in [6.07, 6.45) is 2.10. The number of carbonyl (C=O) groups is 1. The number of carbonyl (C=O) groups excluding carboxylic acids is 1. The van der Waals surface area contributed by atoms with Crippen LogP contribution in [-0.4, -0.2) is 30.1 Å². The molecule has 4 nitrogen and oxygen atoms in total. The van der Waals surface area contributed by atoms with Crippen molar-refractivity contribution in [1.82, 2.24) is 4.98 Å². The SMILES string of the molecule is O=C(Cc1ccc(F)cc1)N(CC1CCCO1)c1nc2c(Cl)cccc2s1. The summed E-state index contributed by atoms with van der Waals surface area (Å²) in [7, 11) is 0. The van der Waals surface area contributed by atoms with E-state index >= 15 is 0 Å². The van der Waals surface area contributed by atoms with Crippen LogP contribution >= 0.6 is 22.9 Å². The molecule has 1 unspecified atom stereocenters. The summed E-state index contributed by atoms with van der Waals surface area (Å²) >= 11 is 7.69. The number of aromatic nitrogens is 1. The Morgan fingerprint density at radius 1 is 1.30 bits per heavy atom. The van der Waals surface area contributed by atoms with Crippen molar-refractivity contribution in [2.45, 2.75) is 25.4 Å². The van der Waals surface area contributed by atoms with Gasteiger partial charge < -0.3 is 4.74 Å². The van der Waals surface area contributed by atoms with Crippen molar-refractivity contribution >= 4 is 44.2 Å². The molecule has 1 aromatic heterocycles. The average Bonchev–Trinajstić information content (AvgIpc) is 3.31. The second-order valence-corrected chi connectivity index (χ2v) is 7.94. The summed E-state index contributed by atoms with van der Waals surface area (Å²) < 4.78 is 19.8. The van der Waals surface area contributed by atoms with Crippen molar-refractivity contribution in [3.05, 3.63) is 58.9 Å². The second kappa shape index (κ2) is 7.92. The van der Waals surface area contributed by atoms with E-state index in [-0.39, 0.29) is 24.2 Å². The smallest absolute Gasteiger partial charge is 0.233 e. The van der Waals surface area contributed by atoms with E-state index in [2.05, 4.69) is 4.98 Å². The largest absolute Gasteiger partial charge is 0.376 e. The summed E-state index contributed by atoms with van der Waals surface area (Å²) in [6.45, 7) is 1.17. The first-order chi connectivity index (χ1) is 13.1. The molecular formula is C20H18ClFN2O2S. The molecule has 1 fully saturated rings. The fourth-order valence-electron chi connectivity index (χ4n) is 3.17. The lowest BCUT2D eigenvalue weighted by Gasteiger charge is -2.23. The van der Waals surface area contributed by atoms with Crippen molar-refractivity contribution in [3.8, 4) is 0 Å². The highest BCUT2D eigenvalue weighted by atomic mass is 35.5. The number of anilines is 1. The number of fused-ring (bicyclic) bond motifs is 1. The van der Waals surface area contributed by atoms with Gasteiger partial charge in [-0.05, 0) is 42.7 Å². The van der Waals surface area contributed by atoms with Crippen LogP contribution in [0.2, 0.25) is 5.02 Å². The number of ether oxygens (including phenoxy) is 1. The zero-order valence-electron chi connectivity index (χ0n) is 14.5. The minimum atomic E-state index is -0.316. The fraction of sp³-hybridized carbons (Fsp3) is 0.300. The molecule has 3 aromatic rings. The third kappa shape index (κ3) is 4.13. The zero-order valence-corrected chi connectivity index (χ0v) is 16.1. The first-order valence-corrected chi connectivity index (χ1v) is 10.0. The third-order valence-electron chi connectivity index (χ3n) is 4.57. The number of hydrogen-bond acceptors (Lipinski definition) is 4. The minimum absolute atomic E-state index is 0.00431. The molecule has 1 amide bonds. The summed E-state index contributed by atoms with van der Waals surface area (Å²) in [5.74, 6) is -0.407. The Hall–Kier alpha value is -2.02. The van der Waals surface area contributed by atoms with E-state index < -0.39 is 0 Å². The monoisotopic (exact) mass is 404 g/mol. The molecule has 0 saturated carbocycles. The molecule has 0 N–H and O–H groups in total. The molecule has 1 atom stereocenters. The van der Waals surface area contributed by atoms with Crippen molar-refractivity contribution in [3.63, 3.8) is 0 Å². The lowest BCUT2D eigenvalue weighted by molar-refractivity contribution is -0.118. The highest BCUT2D eigenvalue weighted by Gasteiger charge is 2.26. The maximum atomic E-state index is 13.1. The molecule has 1 aliphatic rings. The Morgan fingerprint density at radius 3 is 2.81 bits per heavy atom. The summed E-state index contributed by atoms with van der Waals surface area (Å²) in [4.78, 5) is 19.3. The van der Waals surface area contributed by atoms with Gasteiger partial charge in [-0.2, -0.15) is 0 Å². The van der Waals surface area contributed by atoms with Gasteiger partial charge in [-0.3, -0.25) is 9.69 Å². The van der Waals surface area contributed by atoms with Crippen molar-refractivity contribution in [2.24, 2.45) is 0 Å². The summed E-state index contributed by atoms with van der Waals surface area (Å²) in [6, 6.07) is 11.6. The molecule has 0 spiro atoms. The number of thiazole rings is 1. The standard InChI is InChI=1S/C20H18ClFN2O2S/c21-16-4-1-5-17-19(16)23-20(27-17)24(12-15-3-2-10-26-15)18(25)11-13-6-8-14(22)9-7-13/h1,4-9,15H,2-3,10-12H2. The molecular weight excluding hydrogens is 387 g/mol. The number of nitrogens with zero attached hydrogens (tertiary/aromatic N) is 2. The van der Waals surface area contributed by atoms with Crippen molar-refractivity contribution < 1.29 is 13.9 Å². The fourth-order valence-corrected chi connectivity index (χ4v) is 4.46. The molecule has 140 valence electrons. The van der Waals surface area contributed by atoms with Crippen LogP contribution in [0.1, 0.15) is 18.4 Å². The molecule has 4 rings (SSSR count). The van der Waals surface area contributed by atoms with Gasteiger partial charge in [-0.25, -0.2) is 9.37 Å². The Bertz CT molecular complexity index is 954. The van der Waals surface area contributed by atoms with Crippen LogP contribution in [-0.2, 0) is 16.0 Å². The van der Waals surface area contributed by atoms with E-state index in [1.54, 1.807) is 23.1 Å². The number of hydrogen-bond donors (Lipinski definition) is 0. The van der Waals surface area contributed by atoms with Gasteiger partial charge in [0.05, 0.1) is 28.8 Å². The summed E-state index contributed by atoms with van der Waals surface area (Å²) in [5.41, 5.74) is 1.46. The molecule has 2 aromatic carbocycles. The quantitative estimate of drug-likeness (QED) is 0.610. The number of halogens is 2. The normalized spacial score (nSPS) is 16.7. The van der Waals surface area contributed by atoms with Crippen LogP contribution in [0, 0.1) is 5.82 Å². The molecule has 2 heterocycles. The van der Waals surface area contributed by atoms with Crippen LogP contribution in [0.4, 0.5) is 9.52 Å². The maximum absolute atomic E-state index is 13.1. The van der Waals surface area contributed by atoms with E-state index in [0.717, 1.165) is 29.7 Å². The number of amides is 1. The summed E-state index contributed by atoms with van der Waals surface area (Å²) in [5, 5.41) is 1.18. The Balaban J connectivity index is 1.63. The highest BCUT2D eigenvalue weighted by Crippen LogP contribution is 2.33. The lowest BCUT2D eigenvalue weighted by atomic mass is 10.1. The zero-order chi connectivity index (χ0) is 18.8. The molecule has 27 heavy (non-hydrogen) atoms. The van der Waals surface area contributed by atoms with E-state index in [9.17, 15) is 9.18 Å². The van der Waals surface area contributed by atoms with Gasteiger partial charge in [0.25, 0.3) is 0 Å². The van der Waals surface area contributed by atoms with Crippen molar-refractivity contribution in [2.75, 3.05) is 18.1 Å². The molecule has 1 aliphatic heterocycles. The molecule has 0 radical (unpaired) electrons. The van der Waals surface area contributed by atoms with Gasteiger partial charge >= 0.3 is 0 Å². The number of para-hydroxylation sites is 1. The van der Waals surface area contributed by atoms with Crippen LogP contribution in [0.15, 0.2) is 42.5 Å². The van der Waals surface area contributed by atoms with Crippen LogP contribution in [0.25, 0.3) is 10.2 Å². The van der Waals surface area contributed by atoms with Gasteiger partial charge in [0.15, 0.2) is 5.13 Å². The Morgan fingerprint density at radius 2 is 2.11 bits per heavy atom. The molecule has 1 saturated heterocycles. The predicted molar refractivity (Wildman–Crippen MR) is 106 cm³/mol. The second-order valence-electron chi connectivity index (χ2n) is 6.53. The van der Waals surface area contributed by atoms with Crippen LogP contribution < -0.4 is 4.90 Å². The maximum Gasteiger partial charge on any atom is 0.233 e. The number of rotatable bonds is 5. The Labute approximate surface area is 165 Å². The minimum Gasteiger partial charge on any atom is -0.376 e. The Kier molecular flexibility index (Phi) is 5.38. The van der Waals surface area contributed by atoms with Gasteiger partial charge in [0.2, 0.25) is 5.91 Å². The van der Waals surface area contributed by atoms with Crippen LogP contribution in [0.3, 0.4) is 0 Å². The average molecular weight is 405 g/mol. The van der Waals surface area contributed by atoms with Gasteiger partial charge in [-0.1, -0.05) is 41.1 Å². The van der Waals surface area contributed by atoms with Crippen LogP contribution in [0.5, 0.6) is 0 Å². The van der Waals surface area contributed by atoms with E-state index in [4.69, 9.17) is 16.3 Å².